The first kappa shape index (κ1) is 33.3. The zero-order chi connectivity index (χ0) is 35.0. The SMILES string of the molecule is CCCCCc1cc(Oc2ccc3c4cc(C(C)(C)CC)ccc4n(-c4cc(C)ccn4)c3c2)cc(-n2nc(C)c(-c3ccccc3)c2C)c1. The maximum absolute atomic E-state index is 6.79. The number of aromatic nitrogens is 4. The summed E-state index contributed by atoms with van der Waals surface area (Å²) in [6, 6.07) is 34.7. The van der Waals surface area contributed by atoms with Gasteiger partial charge in [-0.3, -0.25) is 4.57 Å². The van der Waals surface area contributed by atoms with Crippen LogP contribution < -0.4 is 4.74 Å². The zero-order valence-electron chi connectivity index (χ0n) is 30.5. The average Bonchev–Trinajstić information content (AvgIpc) is 3.60. The summed E-state index contributed by atoms with van der Waals surface area (Å²) < 4.78 is 11.1. The fourth-order valence-electron chi connectivity index (χ4n) is 7.18. The monoisotopic (exact) mass is 660 g/mol. The smallest absolute Gasteiger partial charge is 0.137 e. The summed E-state index contributed by atoms with van der Waals surface area (Å²) in [5, 5.41) is 7.46. The highest BCUT2D eigenvalue weighted by molar-refractivity contribution is 6.09. The van der Waals surface area contributed by atoms with Crippen molar-refractivity contribution in [2.45, 2.75) is 86.0 Å². The lowest BCUT2D eigenvalue weighted by atomic mass is 9.82. The van der Waals surface area contributed by atoms with Gasteiger partial charge in [0.15, 0.2) is 0 Å². The first-order valence-corrected chi connectivity index (χ1v) is 18.1. The van der Waals surface area contributed by atoms with Crippen molar-refractivity contribution in [2.75, 3.05) is 0 Å². The van der Waals surface area contributed by atoms with Crippen molar-refractivity contribution in [2.24, 2.45) is 0 Å². The third-order valence-electron chi connectivity index (χ3n) is 10.4. The second kappa shape index (κ2) is 13.6. The van der Waals surface area contributed by atoms with Gasteiger partial charge >= 0.3 is 0 Å². The lowest BCUT2D eigenvalue weighted by molar-refractivity contribution is 0.482. The van der Waals surface area contributed by atoms with Crippen molar-refractivity contribution in [1.82, 2.24) is 19.3 Å². The van der Waals surface area contributed by atoms with Gasteiger partial charge < -0.3 is 4.74 Å². The van der Waals surface area contributed by atoms with E-state index in [1.54, 1.807) is 0 Å². The van der Waals surface area contributed by atoms with Gasteiger partial charge in [-0.25, -0.2) is 9.67 Å². The Kier molecular flexibility index (Phi) is 9.09. The molecule has 0 atom stereocenters. The number of aryl methyl sites for hydroxylation is 3. The molecule has 3 aromatic heterocycles. The Balaban J connectivity index is 1.34. The molecular formula is C45H48N4O. The van der Waals surface area contributed by atoms with Gasteiger partial charge in [-0.2, -0.15) is 5.10 Å². The lowest BCUT2D eigenvalue weighted by Crippen LogP contribution is -2.15. The molecule has 0 N–H and O–H groups in total. The minimum absolute atomic E-state index is 0.0838. The Bertz CT molecular complexity index is 2310. The summed E-state index contributed by atoms with van der Waals surface area (Å²) in [6.45, 7) is 15.5. The molecule has 5 nitrogen and oxygen atoms in total. The third-order valence-corrected chi connectivity index (χ3v) is 10.4. The molecule has 0 spiro atoms. The predicted octanol–water partition coefficient (Wildman–Crippen LogP) is 12.2. The van der Waals surface area contributed by atoms with Crippen LogP contribution in [0.3, 0.4) is 0 Å². The molecule has 0 bridgehead atoms. The maximum atomic E-state index is 6.79. The highest BCUT2D eigenvalue weighted by Gasteiger charge is 2.22. The fourth-order valence-corrected chi connectivity index (χ4v) is 7.18. The molecule has 0 amide bonds. The number of rotatable bonds is 11. The van der Waals surface area contributed by atoms with E-state index >= 15 is 0 Å². The van der Waals surface area contributed by atoms with E-state index in [1.165, 1.54) is 51.4 Å². The van der Waals surface area contributed by atoms with E-state index in [2.05, 4.69) is 149 Å². The van der Waals surface area contributed by atoms with Gasteiger partial charge in [0.2, 0.25) is 0 Å². The molecule has 0 aliphatic heterocycles. The van der Waals surface area contributed by atoms with Crippen LogP contribution in [0.15, 0.2) is 103 Å². The first-order chi connectivity index (χ1) is 24.2. The number of nitrogens with zero attached hydrogens (tertiary/aromatic N) is 4. The lowest BCUT2D eigenvalue weighted by Gasteiger charge is -2.23. The van der Waals surface area contributed by atoms with Crippen molar-refractivity contribution < 1.29 is 4.74 Å². The number of hydrogen-bond acceptors (Lipinski definition) is 3. The number of ether oxygens (including phenoxy) is 1. The average molecular weight is 661 g/mol. The van der Waals surface area contributed by atoms with Crippen molar-refractivity contribution in [3.63, 3.8) is 0 Å². The molecule has 0 saturated carbocycles. The molecule has 0 aliphatic rings. The van der Waals surface area contributed by atoms with E-state index in [0.717, 1.165) is 64.7 Å². The summed E-state index contributed by atoms with van der Waals surface area (Å²) in [5.74, 6) is 2.51. The molecule has 0 fully saturated rings. The van der Waals surface area contributed by atoms with E-state index in [0.29, 0.717) is 0 Å². The standard InChI is InChI=1S/C45H48N4O/c1-8-10-12-15-33-25-36(49-32(5)44(31(4)47-49)34-16-13-11-14-17-34)28-38(26-33)50-37-19-20-39-40-27-35(45(6,7)9-2)18-21-41(40)48(42(39)29-37)43-24-30(3)22-23-46-43/h11,13-14,16-29H,8-10,12,15H2,1-7H3. The largest absolute Gasteiger partial charge is 0.457 e. The van der Waals surface area contributed by atoms with E-state index in [4.69, 9.17) is 14.8 Å². The summed E-state index contributed by atoms with van der Waals surface area (Å²) in [5.41, 5.74) is 11.6. The minimum Gasteiger partial charge on any atom is -0.457 e. The number of fused-ring (bicyclic) bond motifs is 3. The molecule has 50 heavy (non-hydrogen) atoms. The van der Waals surface area contributed by atoms with E-state index in [9.17, 15) is 0 Å². The molecule has 3 heterocycles. The normalized spacial score (nSPS) is 11.9. The van der Waals surface area contributed by atoms with Crippen LogP contribution in [0.25, 0.3) is 44.4 Å². The maximum Gasteiger partial charge on any atom is 0.137 e. The quantitative estimate of drug-likeness (QED) is 0.130. The Morgan fingerprint density at radius 1 is 0.740 bits per heavy atom. The molecule has 254 valence electrons. The van der Waals surface area contributed by atoms with Crippen LogP contribution in [-0.2, 0) is 11.8 Å². The van der Waals surface area contributed by atoms with Gasteiger partial charge in [0.1, 0.15) is 17.3 Å². The Hall–Kier alpha value is -5.16. The van der Waals surface area contributed by atoms with Crippen LogP contribution in [0.4, 0.5) is 0 Å². The second-order valence-corrected chi connectivity index (χ2v) is 14.4. The van der Waals surface area contributed by atoms with Gasteiger partial charge in [-0.15, -0.1) is 0 Å². The topological polar surface area (TPSA) is 44.9 Å². The van der Waals surface area contributed by atoms with Crippen LogP contribution >= 0.6 is 0 Å². The van der Waals surface area contributed by atoms with E-state index in [1.807, 2.05) is 12.3 Å². The van der Waals surface area contributed by atoms with Crippen molar-refractivity contribution in [3.05, 3.63) is 131 Å². The second-order valence-electron chi connectivity index (χ2n) is 14.4. The fraction of sp³-hybridized carbons (Fsp3) is 0.289. The molecule has 7 aromatic rings. The Labute approximate surface area is 296 Å². The van der Waals surface area contributed by atoms with Crippen LogP contribution in [0.1, 0.15) is 81.5 Å². The van der Waals surface area contributed by atoms with Gasteiger partial charge in [0, 0.05) is 40.4 Å². The Morgan fingerprint density at radius 2 is 1.56 bits per heavy atom. The minimum atomic E-state index is 0.0838. The van der Waals surface area contributed by atoms with Crippen LogP contribution in [0.5, 0.6) is 11.5 Å². The van der Waals surface area contributed by atoms with Crippen LogP contribution in [-0.4, -0.2) is 19.3 Å². The zero-order valence-corrected chi connectivity index (χ0v) is 30.5. The number of pyridine rings is 1. The number of benzene rings is 4. The highest BCUT2D eigenvalue weighted by atomic mass is 16.5. The van der Waals surface area contributed by atoms with E-state index < -0.39 is 0 Å². The van der Waals surface area contributed by atoms with Crippen molar-refractivity contribution >= 4 is 21.8 Å². The van der Waals surface area contributed by atoms with Gasteiger partial charge in [0.05, 0.1) is 22.4 Å². The summed E-state index contributed by atoms with van der Waals surface area (Å²) in [4.78, 5) is 4.83. The first-order valence-electron chi connectivity index (χ1n) is 18.1. The Morgan fingerprint density at radius 3 is 2.32 bits per heavy atom. The number of unbranched alkanes of at least 4 members (excludes halogenated alkanes) is 2. The third kappa shape index (κ3) is 6.33. The van der Waals surface area contributed by atoms with Crippen molar-refractivity contribution in [1.29, 1.82) is 0 Å². The van der Waals surface area contributed by atoms with Crippen molar-refractivity contribution in [3.8, 4) is 34.1 Å². The van der Waals surface area contributed by atoms with Crippen LogP contribution in [0, 0.1) is 20.8 Å². The van der Waals surface area contributed by atoms with Crippen LogP contribution in [0.2, 0.25) is 0 Å². The molecule has 0 radical (unpaired) electrons. The van der Waals surface area contributed by atoms with Gasteiger partial charge in [-0.05, 0) is 116 Å². The van der Waals surface area contributed by atoms with E-state index in [-0.39, 0.29) is 5.41 Å². The number of hydrogen-bond donors (Lipinski definition) is 0. The molecule has 7 rings (SSSR count). The highest BCUT2D eigenvalue weighted by Crippen LogP contribution is 2.39. The predicted molar refractivity (Wildman–Crippen MR) is 208 cm³/mol. The summed E-state index contributed by atoms with van der Waals surface area (Å²) >= 11 is 0. The summed E-state index contributed by atoms with van der Waals surface area (Å²) in [7, 11) is 0. The molecule has 4 aromatic carbocycles. The molecule has 0 unspecified atom stereocenters. The molecule has 0 aliphatic carbocycles. The summed E-state index contributed by atoms with van der Waals surface area (Å²) in [6.07, 6.45) is 7.47. The molecule has 5 heteroatoms. The van der Waals surface area contributed by atoms with Gasteiger partial charge in [0.25, 0.3) is 0 Å². The molecular weight excluding hydrogens is 613 g/mol. The van der Waals surface area contributed by atoms with Gasteiger partial charge in [-0.1, -0.05) is 76.9 Å². The molecule has 0 saturated heterocycles.